The lowest BCUT2D eigenvalue weighted by Gasteiger charge is -2.17. The number of H-pyrrole nitrogens is 1. The summed E-state index contributed by atoms with van der Waals surface area (Å²) >= 11 is 0. The second kappa shape index (κ2) is 5.33. The maximum absolute atomic E-state index is 6.03. The second-order valence-electron chi connectivity index (χ2n) is 6.62. The fraction of sp³-hybridized carbons (Fsp3) is 0.562. The van der Waals surface area contributed by atoms with Gasteiger partial charge >= 0.3 is 0 Å². The van der Waals surface area contributed by atoms with Crippen LogP contribution in [-0.4, -0.2) is 15.5 Å². The first kappa shape index (κ1) is 14.1. The minimum atomic E-state index is -0.105. The largest absolute Gasteiger partial charge is 0.342 e. The van der Waals surface area contributed by atoms with E-state index in [4.69, 9.17) is 5.73 Å². The number of fused-ring (bicyclic) bond motifs is 1. The fourth-order valence-electron chi connectivity index (χ4n) is 2.21. The topological polar surface area (TPSA) is 54.7 Å². The van der Waals surface area contributed by atoms with Gasteiger partial charge in [0.15, 0.2) is 0 Å². The zero-order chi connectivity index (χ0) is 14.0. The highest BCUT2D eigenvalue weighted by molar-refractivity contribution is 5.75. The molecule has 0 bridgehead atoms. The van der Waals surface area contributed by atoms with E-state index in [1.807, 2.05) is 0 Å². The van der Waals surface area contributed by atoms with Gasteiger partial charge in [0.2, 0.25) is 0 Å². The van der Waals surface area contributed by atoms with Crippen LogP contribution < -0.4 is 5.73 Å². The van der Waals surface area contributed by atoms with Gasteiger partial charge in [-0.3, -0.25) is 0 Å². The molecule has 19 heavy (non-hydrogen) atoms. The van der Waals surface area contributed by atoms with Crippen LogP contribution in [0, 0.1) is 5.92 Å². The Bertz CT molecular complexity index is 547. The van der Waals surface area contributed by atoms with E-state index < -0.39 is 0 Å². The maximum atomic E-state index is 6.03. The number of hydrogen-bond acceptors (Lipinski definition) is 2. The van der Waals surface area contributed by atoms with Crippen molar-refractivity contribution in [2.75, 3.05) is 0 Å². The molecule has 1 aromatic heterocycles. The lowest BCUT2D eigenvalue weighted by molar-refractivity contribution is 0.477. The highest BCUT2D eigenvalue weighted by atomic mass is 14.9. The van der Waals surface area contributed by atoms with Gasteiger partial charge in [0.25, 0.3) is 0 Å². The number of imidazole rings is 1. The van der Waals surface area contributed by atoms with E-state index in [0.29, 0.717) is 5.92 Å². The molecule has 0 aliphatic carbocycles. The Labute approximate surface area is 115 Å². The van der Waals surface area contributed by atoms with Gasteiger partial charge in [0.05, 0.1) is 11.0 Å². The first-order valence-electron chi connectivity index (χ1n) is 7.10. The molecule has 0 radical (unpaired) electrons. The van der Waals surface area contributed by atoms with Crippen LogP contribution in [0.25, 0.3) is 11.0 Å². The molecule has 0 saturated carbocycles. The SMILES string of the molecule is CC(C)Cc1nc2ccc(CCC(C)(C)N)cc2[nH]1. The van der Waals surface area contributed by atoms with E-state index in [2.05, 4.69) is 55.9 Å². The summed E-state index contributed by atoms with van der Waals surface area (Å²) in [5.41, 5.74) is 9.46. The molecule has 104 valence electrons. The maximum Gasteiger partial charge on any atom is 0.107 e. The Balaban J connectivity index is 2.16. The number of hydrogen-bond donors (Lipinski definition) is 2. The molecular formula is C16H25N3. The molecule has 0 saturated heterocycles. The lowest BCUT2D eigenvalue weighted by Crippen LogP contribution is -2.32. The Hall–Kier alpha value is -1.35. The average molecular weight is 259 g/mol. The average Bonchev–Trinajstić information content (AvgIpc) is 2.65. The van der Waals surface area contributed by atoms with Crippen molar-refractivity contribution >= 4 is 11.0 Å². The van der Waals surface area contributed by atoms with Crippen LogP contribution in [-0.2, 0) is 12.8 Å². The predicted molar refractivity (Wildman–Crippen MR) is 81.2 cm³/mol. The smallest absolute Gasteiger partial charge is 0.107 e. The zero-order valence-electron chi connectivity index (χ0n) is 12.5. The standard InChI is InChI=1S/C16H25N3/c1-11(2)9-15-18-13-6-5-12(10-14(13)19-15)7-8-16(3,4)17/h5-6,10-11H,7-9,17H2,1-4H3,(H,18,19). The summed E-state index contributed by atoms with van der Waals surface area (Å²) in [7, 11) is 0. The quantitative estimate of drug-likeness (QED) is 0.864. The van der Waals surface area contributed by atoms with Gasteiger partial charge in [-0.15, -0.1) is 0 Å². The van der Waals surface area contributed by atoms with Crippen molar-refractivity contribution in [1.82, 2.24) is 9.97 Å². The van der Waals surface area contributed by atoms with Crippen LogP contribution in [0.2, 0.25) is 0 Å². The molecule has 0 unspecified atom stereocenters. The normalized spacial score (nSPS) is 12.5. The molecule has 0 amide bonds. The minimum absolute atomic E-state index is 0.105. The van der Waals surface area contributed by atoms with Crippen molar-refractivity contribution < 1.29 is 0 Å². The lowest BCUT2D eigenvalue weighted by atomic mass is 9.96. The molecule has 0 spiro atoms. The molecule has 2 aromatic rings. The monoisotopic (exact) mass is 259 g/mol. The second-order valence-corrected chi connectivity index (χ2v) is 6.62. The van der Waals surface area contributed by atoms with Crippen molar-refractivity contribution in [1.29, 1.82) is 0 Å². The van der Waals surface area contributed by atoms with Crippen molar-refractivity contribution in [2.24, 2.45) is 11.7 Å². The molecule has 2 rings (SSSR count). The minimum Gasteiger partial charge on any atom is -0.342 e. The van der Waals surface area contributed by atoms with E-state index in [0.717, 1.165) is 36.1 Å². The first-order chi connectivity index (χ1) is 8.83. The third kappa shape index (κ3) is 4.06. The highest BCUT2D eigenvalue weighted by Gasteiger charge is 2.11. The van der Waals surface area contributed by atoms with Crippen molar-refractivity contribution in [2.45, 2.75) is 52.5 Å². The summed E-state index contributed by atoms with van der Waals surface area (Å²) in [4.78, 5) is 8.04. The Morgan fingerprint density at radius 2 is 2.05 bits per heavy atom. The molecule has 3 heteroatoms. The molecule has 0 atom stereocenters. The van der Waals surface area contributed by atoms with Crippen LogP contribution in [0.5, 0.6) is 0 Å². The fourth-order valence-corrected chi connectivity index (χ4v) is 2.21. The van der Waals surface area contributed by atoms with Crippen LogP contribution in [0.1, 0.15) is 45.5 Å². The summed E-state index contributed by atoms with van der Waals surface area (Å²) in [6.45, 7) is 8.56. The summed E-state index contributed by atoms with van der Waals surface area (Å²) < 4.78 is 0. The van der Waals surface area contributed by atoms with E-state index in [-0.39, 0.29) is 5.54 Å². The summed E-state index contributed by atoms with van der Waals surface area (Å²) in [6.07, 6.45) is 3.00. The van der Waals surface area contributed by atoms with E-state index in [1.54, 1.807) is 0 Å². The third-order valence-electron chi connectivity index (χ3n) is 3.25. The van der Waals surface area contributed by atoms with Crippen LogP contribution in [0.4, 0.5) is 0 Å². The van der Waals surface area contributed by atoms with Gasteiger partial charge in [0, 0.05) is 12.0 Å². The number of aromatic amines is 1. The zero-order valence-corrected chi connectivity index (χ0v) is 12.5. The number of aryl methyl sites for hydroxylation is 1. The van der Waals surface area contributed by atoms with Crippen molar-refractivity contribution in [3.8, 4) is 0 Å². The Morgan fingerprint density at radius 1 is 1.32 bits per heavy atom. The van der Waals surface area contributed by atoms with Gasteiger partial charge in [-0.2, -0.15) is 0 Å². The summed E-state index contributed by atoms with van der Waals surface area (Å²) in [5.74, 6) is 1.71. The van der Waals surface area contributed by atoms with E-state index >= 15 is 0 Å². The summed E-state index contributed by atoms with van der Waals surface area (Å²) in [6, 6.07) is 6.47. The number of aromatic nitrogens is 2. The molecule has 0 aliphatic rings. The van der Waals surface area contributed by atoms with Crippen molar-refractivity contribution in [3.63, 3.8) is 0 Å². The molecule has 0 fully saturated rings. The highest BCUT2D eigenvalue weighted by Crippen LogP contribution is 2.18. The van der Waals surface area contributed by atoms with Crippen LogP contribution >= 0.6 is 0 Å². The molecule has 0 aliphatic heterocycles. The molecule has 1 aromatic carbocycles. The summed E-state index contributed by atoms with van der Waals surface area (Å²) in [5, 5.41) is 0. The van der Waals surface area contributed by atoms with Gasteiger partial charge in [0.1, 0.15) is 5.82 Å². The number of nitrogens with one attached hydrogen (secondary N) is 1. The Morgan fingerprint density at radius 3 is 2.68 bits per heavy atom. The number of nitrogens with two attached hydrogens (primary N) is 1. The van der Waals surface area contributed by atoms with Crippen LogP contribution in [0.15, 0.2) is 18.2 Å². The van der Waals surface area contributed by atoms with Gasteiger partial charge < -0.3 is 10.7 Å². The Kier molecular flexibility index (Phi) is 3.95. The van der Waals surface area contributed by atoms with Crippen molar-refractivity contribution in [3.05, 3.63) is 29.6 Å². The predicted octanol–water partition coefficient (Wildman–Crippen LogP) is 3.43. The molecular weight excluding hydrogens is 234 g/mol. The number of rotatable bonds is 5. The first-order valence-corrected chi connectivity index (χ1v) is 7.10. The molecule has 3 nitrogen and oxygen atoms in total. The van der Waals surface area contributed by atoms with E-state index in [1.165, 1.54) is 5.56 Å². The van der Waals surface area contributed by atoms with Gasteiger partial charge in [-0.05, 0) is 50.3 Å². The third-order valence-corrected chi connectivity index (χ3v) is 3.25. The number of nitrogens with zero attached hydrogens (tertiary/aromatic N) is 1. The van der Waals surface area contributed by atoms with Crippen LogP contribution in [0.3, 0.4) is 0 Å². The van der Waals surface area contributed by atoms with Gasteiger partial charge in [-0.25, -0.2) is 4.98 Å². The van der Waals surface area contributed by atoms with E-state index in [9.17, 15) is 0 Å². The molecule has 1 heterocycles. The van der Waals surface area contributed by atoms with Gasteiger partial charge in [-0.1, -0.05) is 19.9 Å². The number of benzene rings is 1. The molecule has 3 N–H and O–H groups in total.